The van der Waals surface area contributed by atoms with Crippen LogP contribution < -0.4 is 0 Å². The van der Waals surface area contributed by atoms with Gasteiger partial charge in [0.25, 0.3) is 0 Å². The van der Waals surface area contributed by atoms with Crippen molar-refractivity contribution in [3.05, 3.63) is 38.5 Å². The summed E-state index contributed by atoms with van der Waals surface area (Å²) >= 11 is 3.59. The summed E-state index contributed by atoms with van der Waals surface area (Å²) in [5.74, 6) is 0. The second-order valence-corrected chi connectivity index (χ2v) is 8.75. The molecule has 0 bridgehead atoms. The molecule has 1 aromatic carbocycles. The Balaban J connectivity index is 2.27. The molecule has 0 fully saturated rings. The van der Waals surface area contributed by atoms with Gasteiger partial charge < -0.3 is 0 Å². The molecule has 0 aliphatic heterocycles. The maximum absolute atomic E-state index is 4.74. The van der Waals surface area contributed by atoms with Crippen molar-refractivity contribution in [2.75, 3.05) is 0 Å². The topological polar surface area (TPSA) is 12.4 Å². The first-order valence-corrected chi connectivity index (χ1v) is 12.7. The molecule has 0 radical (unpaired) electrons. The van der Waals surface area contributed by atoms with Crippen LogP contribution in [0.4, 0.5) is 5.69 Å². The SMILES string of the molecule is Cc1cccc(C)c1N=CC1=C([Te]Br)CCCC1. The molecule has 0 spiro atoms. The summed E-state index contributed by atoms with van der Waals surface area (Å²) in [6.45, 7) is 4.27. The molecular formula is C15H18BrNTe. The summed E-state index contributed by atoms with van der Waals surface area (Å²) < 4.78 is 1.65. The van der Waals surface area contributed by atoms with Crippen molar-refractivity contribution in [1.29, 1.82) is 0 Å². The molecule has 2 rings (SSSR count). The van der Waals surface area contributed by atoms with E-state index < -0.39 is 0 Å². The zero-order chi connectivity index (χ0) is 13.0. The second kappa shape index (κ2) is 6.89. The average molecular weight is 420 g/mol. The molecule has 0 atom stereocenters. The zero-order valence-electron chi connectivity index (χ0n) is 10.9. The van der Waals surface area contributed by atoms with Crippen LogP contribution in [-0.2, 0) is 0 Å². The van der Waals surface area contributed by atoms with Crippen LogP contribution in [0.2, 0.25) is 0 Å². The van der Waals surface area contributed by atoms with Gasteiger partial charge in [0.05, 0.1) is 0 Å². The number of hydrogen-bond acceptors (Lipinski definition) is 1. The van der Waals surface area contributed by atoms with Crippen LogP contribution in [0.25, 0.3) is 0 Å². The van der Waals surface area contributed by atoms with Crippen molar-refractivity contribution in [2.45, 2.75) is 39.5 Å². The average Bonchev–Trinajstić information content (AvgIpc) is 2.38. The second-order valence-electron chi connectivity index (χ2n) is 4.73. The number of aryl methyl sites for hydroxylation is 2. The van der Waals surface area contributed by atoms with E-state index in [1.165, 1.54) is 42.4 Å². The van der Waals surface area contributed by atoms with Crippen molar-refractivity contribution < 1.29 is 0 Å². The molecule has 3 heteroatoms. The van der Waals surface area contributed by atoms with Crippen LogP contribution in [0, 0.1) is 13.8 Å². The summed E-state index contributed by atoms with van der Waals surface area (Å²) in [4.78, 5) is 4.74. The van der Waals surface area contributed by atoms with Crippen LogP contribution in [0.15, 0.2) is 32.4 Å². The Morgan fingerprint density at radius 3 is 2.50 bits per heavy atom. The van der Waals surface area contributed by atoms with E-state index in [4.69, 9.17) is 4.99 Å². The van der Waals surface area contributed by atoms with E-state index in [9.17, 15) is 0 Å². The van der Waals surface area contributed by atoms with Crippen LogP contribution in [0.5, 0.6) is 0 Å². The predicted molar refractivity (Wildman–Crippen MR) is 84.2 cm³/mol. The molecule has 18 heavy (non-hydrogen) atoms. The Labute approximate surface area is 126 Å². The summed E-state index contributed by atoms with van der Waals surface area (Å²) in [6, 6.07) is 6.36. The molecule has 0 heterocycles. The number of aliphatic imine (C=N–C) groups is 1. The van der Waals surface area contributed by atoms with Crippen molar-refractivity contribution in [1.82, 2.24) is 0 Å². The van der Waals surface area contributed by atoms with Gasteiger partial charge in [0.1, 0.15) is 0 Å². The minimum atomic E-state index is -0.122. The molecule has 1 aromatic rings. The number of benzene rings is 1. The predicted octanol–water partition coefficient (Wildman–Crippen LogP) is 4.85. The van der Waals surface area contributed by atoms with Crippen molar-refractivity contribution >= 4 is 43.4 Å². The van der Waals surface area contributed by atoms with Gasteiger partial charge >= 0.3 is 126 Å². The number of para-hydroxylation sites is 1. The molecule has 1 aliphatic rings. The maximum atomic E-state index is 4.74. The monoisotopic (exact) mass is 421 g/mol. The Kier molecular flexibility index (Phi) is 5.48. The van der Waals surface area contributed by atoms with Gasteiger partial charge in [0, 0.05) is 0 Å². The summed E-state index contributed by atoms with van der Waals surface area (Å²) in [5, 5.41) is 0. The molecule has 0 aromatic heterocycles. The Bertz CT molecular complexity index is 471. The van der Waals surface area contributed by atoms with Gasteiger partial charge in [-0.25, -0.2) is 0 Å². The number of allylic oxidation sites excluding steroid dienone is 2. The number of rotatable bonds is 3. The summed E-state index contributed by atoms with van der Waals surface area (Å²) in [6.07, 6.45) is 7.28. The number of hydrogen-bond donors (Lipinski definition) is 0. The van der Waals surface area contributed by atoms with Crippen LogP contribution in [-0.4, -0.2) is 24.9 Å². The Hall–Kier alpha value is -0.100. The van der Waals surface area contributed by atoms with Gasteiger partial charge in [-0.05, 0) is 0 Å². The fourth-order valence-electron chi connectivity index (χ4n) is 2.28. The van der Waals surface area contributed by atoms with E-state index in [2.05, 4.69) is 51.0 Å². The van der Waals surface area contributed by atoms with Gasteiger partial charge in [-0.15, -0.1) is 0 Å². The van der Waals surface area contributed by atoms with Gasteiger partial charge in [0.2, 0.25) is 0 Å². The molecule has 0 amide bonds. The normalized spacial score (nSPS) is 16.6. The van der Waals surface area contributed by atoms with Gasteiger partial charge in [0.15, 0.2) is 0 Å². The van der Waals surface area contributed by atoms with E-state index in [-0.39, 0.29) is 18.7 Å². The molecule has 0 saturated carbocycles. The van der Waals surface area contributed by atoms with E-state index in [0.29, 0.717) is 0 Å². The fraction of sp³-hybridized carbons (Fsp3) is 0.400. The van der Waals surface area contributed by atoms with Crippen molar-refractivity contribution in [2.24, 2.45) is 4.99 Å². The fourth-order valence-corrected chi connectivity index (χ4v) is 6.11. The van der Waals surface area contributed by atoms with Crippen LogP contribution in [0.1, 0.15) is 36.8 Å². The molecule has 0 unspecified atom stereocenters. The number of nitrogens with zero attached hydrogens (tertiary/aromatic N) is 1. The molecule has 1 aliphatic carbocycles. The third-order valence-corrected chi connectivity index (χ3v) is 7.82. The van der Waals surface area contributed by atoms with Gasteiger partial charge in [-0.3, -0.25) is 0 Å². The molecule has 1 nitrogen and oxygen atoms in total. The minimum absolute atomic E-state index is 0.122. The summed E-state index contributed by atoms with van der Waals surface area (Å²) in [7, 11) is 0. The Morgan fingerprint density at radius 2 is 1.83 bits per heavy atom. The van der Waals surface area contributed by atoms with Crippen LogP contribution in [0.3, 0.4) is 0 Å². The van der Waals surface area contributed by atoms with Gasteiger partial charge in [-0.2, -0.15) is 0 Å². The van der Waals surface area contributed by atoms with Crippen LogP contribution >= 0.6 is 12.8 Å². The molecule has 0 saturated heterocycles. The van der Waals surface area contributed by atoms with Crippen molar-refractivity contribution in [3.8, 4) is 0 Å². The standard InChI is InChI=1S/C15H18BrNTe/c1-11-6-5-7-12(2)15(11)17-10-13-8-3-4-9-14(13)18-16/h5-7,10H,3-4,8-9H2,1-2H3. The van der Waals surface area contributed by atoms with Crippen molar-refractivity contribution in [3.63, 3.8) is 0 Å². The summed E-state index contributed by atoms with van der Waals surface area (Å²) in [5.41, 5.74) is 5.16. The molecule has 96 valence electrons. The third-order valence-electron chi connectivity index (χ3n) is 3.34. The first-order chi connectivity index (χ1) is 8.72. The van der Waals surface area contributed by atoms with E-state index >= 15 is 0 Å². The Morgan fingerprint density at radius 1 is 1.17 bits per heavy atom. The van der Waals surface area contributed by atoms with E-state index in [0.717, 1.165) is 5.69 Å². The van der Waals surface area contributed by atoms with Gasteiger partial charge in [-0.1, -0.05) is 0 Å². The number of halogens is 1. The van der Waals surface area contributed by atoms with E-state index in [1.807, 2.05) is 0 Å². The zero-order valence-corrected chi connectivity index (χ0v) is 14.8. The van der Waals surface area contributed by atoms with E-state index in [1.54, 1.807) is 3.62 Å². The molecular weight excluding hydrogens is 402 g/mol. The first-order valence-electron chi connectivity index (χ1n) is 6.33. The molecule has 0 N–H and O–H groups in total. The first kappa shape index (κ1) is 14.3. The third kappa shape index (κ3) is 3.47. The quantitative estimate of drug-likeness (QED) is 0.490.